The number of benzene rings is 2. The largest absolute Gasteiger partial charge is 0.383 e. The molecule has 0 unspecified atom stereocenters. The van der Waals surface area contributed by atoms with Gasteiger partial charge >= 0.3 is 5.97 Å². The second-order valence-electron chi connectivity index (χ2n) is 5.05. The minimum Gasteiger partial charge on any atom is -0.310 e. The molecule has 0 aliphatic rings. The standard InChI is InChI=1S/C19H12F2N2O2/c20-15-8-4-13(5-9-15)18(14-6-10-16(21)11-7-14)23-25-19(24)17-3-1-2-12-22-17/h1-12H. The first-order valence-electron chi connectivity index (χ1n) is 7.36. The maximum absolute atomic E-state index is 13.2. The van der Waals surface area contributed by atoms with Crippen LogP contribution in [0.15, 0.2) is 78.1 Å². The normalized spacial score (nSPS) is 10.2. The number of oxime groups is 1. The molecule has 0 radical (unpaired) electrons. The Morgan fingerprint density at radius 2 is 1.40 bits per heavy atom. The van der Waals surface area contributed by atoms with Crippen LogP contribution in [0, 0.1) is 11.6 Å². The summed E-state index contributed by atoms with van der Waals surface area (Å²) in [4.78, 5) is 20.8. The fourth-order valence-corrected chi connectivity index (χ4v) is 2.10. The average Bonchev–Trinajstić information content (AvgIpc) is 2.65. The Balaban J connectivity index is 1.94. The molecule has 0 aliphatic carbocycles. The number of nitrogens with zero attached hydrogens (tertiary/aromatic N) is 2. The number of pyridine rings is 1. The van der Waals surface area contributed by atoms with E-state index in [0.29, 0.717) is 11.1 Å². The van der Waals surface area contributed by atoms with Crippen molar-refractivity contribution in [2.24, 2.45) is 5.16 Å². The summed E-state index contributed by atoms with van der Waals surface area (Å²) < 4.78 is 26.3. The predicted octanol–water partition coefficient (Wildman–Crippen LogP) is 3.97. The van der Waals surface area contributed by atoms with Crippen molar-refractivity contribution in [2.75, 3.05) is 0 Å². The van der Waals surface area contributed by atoms with Gasteiger partial charge in [0.2, 0.25) is 0 Å². The third kappa shape index (κ3) is 4.11. The molecule has 0 aliphatic heterocycles. The first-order valence-corrected chi connectivity index (χ1v) is 7.36. The van der Waals surface area contributed by atoms with Gasteiger partial charge < -0.3 is 4.84 Å². The van der Waals surface area contributed by atoms with Gasteiger partial charge in [-0.1, -0.05) is 11.2 Å². The molecule has 0 saturated heterocycles. The van der Waals surface area contributed by atoms with E-state index >= 15 is 0 Å². The number of hydrogen-bond acceptors (Lipinski definition) is 4. The molecule has 0 N–H and O–H groups in total. The maximum atomic E-state index is 13.2. The van der Waals surface area contributed by atoms with E-state index in [2.05, 4.69) is 10.1 Å². The first-order chi connectivity index (χ1) is 12.1. The van der Waals surface area contributed by atoms with Crippen LogP contribution in [0.5, 0.6) is 0 Å². The summed E-state index contributed by atoms with van der Waals surface area (Å²) in [5.41, 5.74) is 1.40. The summed E-state index contributed by atoms with van der Waals surface area (Å²) in [6.07, 6.45) is 1.46. The number of hydrogen-bond donors (Lipinski definition) is 0. The number of carbonyl (C=O) groups excluding carboxylic acids is 1. The third-order valence-electron chi connectivity index (χ3n) is 3.33. The molecule has 0 spiro atoms. The lowest BCUT2D eigenvalue weighted by molar-refractivity contribution is 0.0510. The molecule has 25 heavy (non-hydrogen) atoms. The van der Waals surface area contributed by atoms with Crippen LogP contribution in [-0.4, -0.2) is 16.7 Å². The van der Waals surface area contributed by atoms with Crippen molar-refractivity contribution in [3.63, 3.8) is 0 Å². The lowest BCUT2D eigenvalue weighted by Crippen LogP contribution is -2.09. The molecule has 0 bridgehead atoms. The number of carbonyl (C=O) groups is 1. The van der Waals surface area contributed by atoms with Gasteiger partial charge in [-0.25, -0.2) is 18.6 Å². The van der Waals surface area contributed by atoms with E-state index in [1.807, 2.05) is 0 Å². The zero-order valence-electron chi connectivity index (χ0n) is 12.9. The van der Waals surface area contributed by atoms with E-state index < -0.39 is 17.6 Å². The average molecular weight is 338 g/mol. The first kappa shape index (κ1) is 16.4. The summed E-state index contributed by atoms with van der Waals surface area (Å²) in [5, 5.41) is 3.88. The molecule has 1 heterocycles. The smallest absolute Gasteiger partial charge is 0.310 e. The van der Waals surface area contributed by atoms with Crippen molar-refractivity contribution < 1.29 is 18.4 Å². The minimum atomic E-state index is -0.734. The molecule has 3 rings (SSSR count). The molecular weight excluding hydrogens is 326 g/mol. The Morgan fingerprint density at radius 1 is 0.840 bits per heavy atom. The van der Waals surface area contributed by atoms with Crippen LogP contribution in [0.25, 0.3) is 0 Å². The monoisotopic (exact) mass is 338 g/mol. The van der Waals surface area contributed by atoms with Crippen LogP contribution in [0.2, 0.25) is 0 Å². The number of aromatic nitrogens is 1. The van der Waals surface area contributed by atoms with E-state index in [9.17, 15) is 13.6 Å². The Hall–Kier alpha value is -3.41. The van der Waals surface area contributed by atoms with Crippen molar-refractivity contribution in [3.8, 4) is 0 Å². The quantitative estimate of drug-likeness (QED) is 0.411. The lowest BCUT2D eigenvalue weighted by atomic mass is 10.0. The summed E-state index contributed by atoms with van der Waals surface area (Å²) >= 11 is 0. The topological polar surface area (TPSA) is 51.5 Å². The molecular formula is C19H12F2N2O2. The van der Waals surface area contributed by atoms with Crippen molar-refractivity contribution >= 4 is 11.7 Å². The zero-order valence-corrected chi connectivity index (χ0v) is 12.9. The van der Waals surface area contributed by atoms with Gasteiger partial charge in [-0.2, -0.15) is 0 Å². The van der Waals surface area contributed by atoms with Crippen LogP contribution < -0.4 is 0 Å². The van der Waals surface area contributed by atoms with Gasteiger partial charge in [-0.3, -0.25) is 0 Å². The van der Waals surface area contributed by atoms with E-state index in [4.69, 9.17) is 4.84 Å². The molecule has 0 amide bonds. The summed E-state index contributed by atoms with van der Waals surface area (Å²) in [6.45, 7) is 0. The second kappa shape index (κ2) is 7.44. The van der Waals surface area contributed by atoms with Crippen molar-refractivity contribution in [3.05, 3.63) is 101 Å². The van der Waals surface area contributed by atoms with Crippen LogP contribution >= 0.6 is 0 Å². The fourth-order valence-electron chi connectivity index (χ4n) is 2.10. The van der Waals surface area contributed by atoms with Crippen molar-refractivity contribution in [2.45, 2.75) is 0 Å². The van der Waals surface area contributed by atoms with Crippen LogP contribution in [-0.2, 0) is 4.84 Å². The van der Waals surface area contributed by atoms with Gasteiger partial charge in [0, 0.05) is 17.3 Å². The van der Waals surface area contributed by atoms with Crippen molar-refractivity contribution in [1.82, 2.24) is 4.98 Å². The van der Waals surface area contributed by atoms with E-state index in [0.717, 1.165) is 0 Å². The number of rotatable bonds is 4. The molecule has 0 atom stereocenters. The van der Waals surface area contributed by atoms with E-state index in [-0.39, 0.29) is 11.4 Å². The Kier molecular flexibility index (Phi) is 4.89. The highest BCUT2D eigenvalue weighted by atomic mass is 19.1. The van der Waals surface area contributed by atoms with E-state index in [1.165, 1.54) is 60.8 Å². The fraction of sp³-hybridized carbons (Fsp3) is 0. The molecule has 0 fully saturated rings. The minimum absolute atomic E-state index is 0.101. The highest BCUT2D eigenvalue weighted by Gasteiger charge is 2.12. The molecule has 6 heteroatoms. The second-order valence-corrected chi connectivity index (χ2v) is 5.05. The number of halogens is 2. The Bertz CT molecular complexity index is 845. The molecule has 0 saturated carbocycles. The molecule has 4 nitrogen and oxygen atoms in total. The SMILES string of the molecule is O=C(ON=C(c1ccc(F)cc1)c1ccc(F)cc1)c1ccccn1. The lowest BCUT2D eigenvalue weighted by Gasteiger charge is -2.07. The molecule has 3 aromatic rings. The Labute approximate surface area is 142 Å². The predicted molar refractivity (Wildman–Crippen MR) is 88.1 cm³/mol. The van der Waals surface area contributed by atoms with Gasteiger partial charge in [0.1, 0.15) is 17.3 Å². The molecule has 1 aromatic heterocycles. The van der Waals surface area contributed by atoms with Crippen LogP contribution in [0.3, 0.4) is 0 Å². The molecule has 124 valence electrons. The third-order valence-corrected chi connectivity index (χ3v) is 3.33. The molecule has 2 aromatic carbocycles. The van der Waals surface area contributed by atoms with Crippen molar-refractivity contribution in [1.29, 1.82) is 0 Å². The maximum Gasteiger partial charge on any atom is 0.383 e. The zero-order chi connectivity index (χ0) is 17.6. The summed E-state index contributed by atoms with van der Waals surface area (Å²) in [5.74, 6) is -1.55. The van der Waals surface area contributed by atoms with Crippen LogP contribution in [0.1, 0.15) is 21.6 Å². The van der Waals surface area contributed by atoms with Gasteiger partial charge in [0.05, 0.1) is 0 Å². The van der Waals surface area contributed by atoms with Gasteiger partial charge in [-0.05, 0) is 60.7 Å². The highest BCUT2D eigenvalue weighted by Crippen LogP contribution is 2.14. The van der Waals surface area contributed by atoms with Crippen LogP contribution in [0.4, 0.5) is 8.78 Å². The van der Waals surface area contributed by atoms with Gasteiger partial charge in [0.15, 0.2) is 5.69 Å². The van der Waals surface area contributed by atoms with Gasteiger partial charge in [0.25, 0.3) is 0 Å². The Morgan fingerprint density at radius 3 is 1.88 bits per heavy atom. The highest BCUT2D eigenvalue weighted by molar-refractivity contribution is 6.12. The summed E-state index contributed by atoms with van der Waals surface area (Å²) in [6, 6.07) is 15.8. The van der Waals surface area contributed by atoms with E-state index in [1.54, 1.807) is 12.1 Å². The van der Waals surface area contributed by atoms with Gasteiger partial charge in [-0.15, -0.1) is 0 Å². The summed E-state index contributed by atoms with van der Waals surface area (Å²) in [7, 11) is 0.